The van der Waals surface area contributed by atoms with Gasteiger partial charge in [0.05, 0.1) is 31.8 Å². The van der Waals surface area contributed by atoms with E-state index in [2.05, 4.69) is 4.98 Å². The van der Waals surface area contributed by atoms with Crippen molar-refractivity contribution in [3.8, 4) is 34.3 Å². The van der Waals surface area contributed by atoms with Gasteiger partial charge in [-0.3, -0.25) is 9.67 Å². The third-order valence-electron chi connectivity index (χ3n) is 6.69. The maximum absolute atomic E-state index is 14.6. The lowest BCUT2D eigenvalue weighted by Gasteiger charge is -2.34. The van der Waals surface area contributed by atoms with Gasteiger partial charge in [0.2, 0.25) is 5.82 Å². The summed E-state index contributed by atoms with van der Waals surface area (Å²) in [5.41, 5.74) is 1.79. The molecule has 0 spiro atoms. The second-order valence-corrected chi connectivity index (χ2v) is 10.7. The Bertz CT molecular complexity index is 1510. The zero-order valence-corrected chi connectivity index (χ0v) is 23.3. The predicted molar refractivity (Wildman–Crippen MR) is 149 cm³/mol. The SMILES string of the molecule is COc1cccc(Oc2ccc(-c3nn([C@@H]4CCCN(C(=O)OC(C)(C)C)C4)c4c(OC)cncc34)cc2)c1F. The van der Waals surface area contributed by atoms with Crippen molar-refractivity contribution in [3.63, 3.8) is 0 Å². The first-order valence-corrected chi connectivity index (χ1v) is 13.2. The van der Waals surface area contributed by atoms with Crippen molar-refractivity contribution in [1.29, 1.82) is 0 Å². The van der Waals surface area contributed by atoms with E-state index in [4.69, 9.17) is 24.0 Å². The van der Waals surface area contributed by atoms with E-state index in [-0.39, 0.29) is 23.6 Å². The number of hydrogen-bond acceptors (Lipinski definition) is 7. The van der Waals surface area contributed by atoms with Crippen molar-refractivity contribution in [2.75, 3.05) is 27.3 Å². The summed E-state index contributed by atoms with van der Waals surface area (Å²) >= 11 is 0. The second kappa shape index (κ2) is 11.0. The minimum atomic E-state index is -0.571. The van der Waals surface area contributed by atoms with Gasteiger partial charge in [0.25, 0.3) is 0 Å². The number of halogens is 1. The molecular formula is C30H33FN4O5. The second-order valence-electron chi connectivity index (χ2n) is 10.7. The van der Waals surface area contributed by atoms with Gasteiger partial charge in [0.1, 0.15) is 22.6 Å². The molecule has 210 valence electrons. The number of methoxy groups -OCH3 is 2. The number of pyridine rings is 1. The summed E-state index contributed by atoms with van der Waals surface area (Å²) < 4.78 is 38.6. The van der Waals surface area contributed by atoms with E-state index in [1.54, 1.807) is 48.7 Å². The van der Waals surface area contributed by atoms with Crippen LogP contribution in [-0.4, -0.2) is 58.7 Å². The molecule has 2 aromatic carbocycles. The first-order chi connectivity index (χ1) is 19.2. The molecule has 1 amide bonds. The average Bonchev–Trinajstić information content (AvgIpc) is 3.34. The van der Waals surface area contributed by atoms with Gasteiger partial charge in [-0.05, 0) is 70.0 Å². The fourth-order valence-corrected chi connectivity index (χ4v) is 4.86. The van der Waals surface area contributed by atoms with Crippen molar-refractivity contribution < 1.29 is 28.1 Å². The number of carbonyl (C=O) groups excluding carboxylic acids is 1. The minimum Gasteiger partial charge on any atom is -0.494 e. The number of piperidine rings is 1. The number of hydrogen-bond donors (Lipinski definition) is 0. The van der Waals surface area contributed by atoms with Gasteiger partial charge >= 0.3 is 6.09 Å². The van der Waals surface area contributed by atoms with Gasteiger partial charge in [0, 0.05) is 24.8 Å². The Morgan fingerprint density at radius 1 is 1.00 bits per heavy atom. The van der Waals surface area contributed by atoms with Crippen LogP contribution in [0.25, 0.3) is 22.2 Å². The molecule has 0 N–H and O–H groups in total. The third-order valence-corrected chi connectivity index (χ3v) is 6.69. The lowest BCUT2D eigenvalue weighted by atomic mass is 10.1. The standard InChI is InChI=1S/C30H33FN4O5/c1-30(2,3)40-29(36)34-15-7-8-20(18-34)35-28-22(16-32-17-25(28)38-5)27(33-35)19-11-13-21(14-12-19)39-24-10-6-9-23(37-4)26(24)31/h6,9-14,16-17,20H,7-8,15,18H2,1-5H3/t20-/m1/s1. The summed E-state index contributed by atoms with van der Waals surface area (Å²) in [6.45, 7) is 6.68. The van der Waals surface area contributed by atoms with Crippen LogP contribution in [0.2, 0.25) is 0 Å². The fourth-order valence-electron chi connectivity index (χ4n) is 4.86. The maximum atomic E-state index is 14.6. The van der Waals surface area contributed by atoms with E-state index in [1.165, 1.54) is 13.2 Å². The van der Waals surface area contributed by atoms with Gasteiger partial charge in [0.15, 0.2) is 17.2 Å². The van der Waals surface area contributed by atoms with E-state index < -0.39 is 11.4 Å². The molecule has 1 fully saturated rings. The van der Waals surface area contributed by atoms with Crippen LogP contribution >= 0.6 is 0 Å². The van der Waals surface area contributed by atoms with Crippen LogP contribution < -0.4 is 14.2 Å². The highest BCUT2D eigenvalue weighted by molar-refractivity contribution is 5.96. The lowest BCUT2D eigenvalue weighted by molar-refractivity contribution is 0.0169. The van der Waals surface area contributed by atoms with Gasteiger partial charge in [-0.2, -0.15) is 9.49 Å². The van der Waals surface area contributed by atoms with Crippen molar-refractivity contribution in [2.45, 2.75) is 45.3 Å². The largest absolute Gasteiger partial charge is 0.494 e. The zero-order valence-electron chi connectivity index (χ0n) is 23.3. The number of nitrogens with zero attached hydrogens (tertiary/aromatic N) is 4. The van der Waals surface area contributed by atoms with E-state index >= 15 is 0 Å². The highest BCUT2D eigenvalue weighted by atomic mass is 19.1. The van der Waals surface area contributed by atoms with E-state index in [0.29, 0.717) is 24.6 Å². The molecule has 1 aliphatic rings. The predicted octanol–water partition coefficient (Wildman–Crippen LogP) is 6.62. The van der Waals surface area contributed by atoms with Crippen molar-refractivity contribution in [1.82, 2.24) is 19.7 Å². The number of carbonyl (C=O) groups is 1. The fraction of sp³-hybridized carbons (Fsp3) is 0.367. The van der Waals surface area contributed by atoms with Crippen LogP contribution in [0.4, 0.5) is 9.18 Å². The molecule has 40 heavy (non-hydrogen) atoms. The van der Waals surface area contributed by atoms with Crippen LogP contribution in [0.1, 0.15) is 39.7 Å². The monoisotopic (exact) mass is 548 g/mol. The Labute approximate surface area is 232 Å². The molecule has 1 aliphatic heterocycles. The highest BCUT2D eigenvalue weighted by Crippen LogP contribution is 2.37. The Balaban J connectivity index is 1.46. The summed E-state index contributed by atoms with van der Waals surface area (Å²) in [4.78, 5) is 18.9. The molecule has 4 aromatic rings. The zero-order chi connectivity index (χ0) is 28.4. The van der Waals surface area contributed by atoms with Crippen LogP contribution in [0.3, 0.4) is 0 Å². The number of ether oxygens (including phenoxy) is 4. The smallest absolute Gasteiger partial charge is 0.410 e. The molecule has 0 bridgehead atoms. The topological polar surface area (TPSA) is 87.9 Å². The van der Waals surface area contributed by atoms with Crippen LogP contribution in [0.15, 0.2) is 54.9 Å². The Kier molecular flexibility index (Phi) is 7.51. The van der Waals surface area contributed by atoms with Crippen LogP contribution in [-0.2, 0) is 4.74 Å². The summed E-state index contributed by atoms with van der Waals surface area (Å²) in [6, 6.07) is 11.9. The van der Waals surface area contributed by atoms with Crippen molar-refractivity contribution >= 4 is 17.0 Å². The number of benzene rings is 2. The van der Waals surface area contributed by atoms with Crippen LogP contribution in [0.5, 0.6) is 23.0 Å². The molecule has 10 heteroatoms. The van der Waals surface area contributed by atoms with Gasteiger partial charge in [-0.1, -0.05) is 6.07 Å². The van der Waals surface area contributed by atoms with E-state index in [9.17, 15) is 9.18 Å². The molecule has 1 atom stereocenters. The lowest BCUT2D eigenvalue weighted by Crippen LogP contribution is -2.43. The Morgan fingerprint density at radius 3 is 2.42 bits per heavy atom. The molecule has 2 aromatic heterocycles. The minimum absolute atomic E-state index is 0.0719. The van der Waals surface area contributed by atoms with Crippen molar-refractivity contribution in [3.05, 3.63) is 60.7 Å². The summed E-state index contributed by atoms with van der Waals surface area (Å²) in [5.74, 6) is 0.683. The molecule has 0 saturated carbocycles. The summed E-state index contributed by atoms with van der Waals surface area (Å²) in [5, 5.41) is 5.83. The first kappa shape index (κ1) is 27.2. The summed E-state index contributed by atoms with van der Waals surface area (Å²) in [7, 11) is 3.01. The molecule has 9 nitrogen and oxygen atoms in total. The van der Waals surface area contributed by atoms with Gasteiger partial charge in [-0.15, -0.1) is 0 Å². The number of amides is 1. The third kappa shape index (κ3) is 5.52. The molecule has 0 aliphatic carbocycles. The summed E-state index contributed by atoms with van der Waals surface area (Å²) in [6.07, 6.45) is 4.77. The number of aromatic nitrogens is 3. The first-order valence-electron chi connectivity index (χ1n) is 13.2. The molecule has 0 radical (unpaired) electrons. The maximum Gasteiger partial charge on any atom is 0.410 e. The van der Waals surface area contributed by atoms with Crippen LogP contribution in [0, 0.1) is 5.82 Å². The molecule has 1 saturated heterocycles. The molecular weight excluding hydrogens is 515 g/mol. The Morgan fingerprint density at radius 2 is 1.73 bits per heavy atom. The van der Waals surface area contributed by atoms with Gasteiger partial charge < -0.3 is 23.8 Å². The highest BCUT2D eigenvalue weighted by Gasteiger charge is 2.31. The quantitative estimate of drug-likeness (QED) is 0.268. The molecule has 0 unspecified atom stereocenters. The number of rotatable bonds is 6. The van der Waals surface area contributed by atoms with Crippen molar-refractivity contribution in [2.24, 2.45) is 0 Å². The number of likely N-dealkylation sites (tertiary alicyclic amines) is 1. The number of fused-ring (bicyclic) bond motifs is 1. The molecule has 3 heterocycles. The van der Waals surface area contributed by atoms with E-state index in [0.717, 1.165) is 35.0 Å². The van der Waals surface area contributed by atoms with E-state index in [1.807, 2.05) is 37.6 Å². The average molecular weight is 549 g/mol. The molecule has 5 rings (SSSR count). The normalized spacial score (nSPS) is 15.7. The van der Waals surface area contributed by atoms with Gasteiger partial charge in [-0.25, -0.2) is 4.79 Å². The Hall–Kier alpha value is -4.34.